The molecule has 0 unspecified atom stereocenters. The highest BCUT2D eigenvalue weighted by molar-refractivity contribution is 7.92. The fourth-order valence-corrected chi connectivity index (χ4v) is 4.39. The van der Waals surface area contributed by atoms with Crippen LogP contribution in [-0.2, 0) is 26.1 Å². The Morgan fingerprint density at radius 1 is 1.13 bits per heavy atom. The van der Waals surface area contributed by atoms with Crippen LogP contribution in [0, 0.1) is 0 Å². The first-order valence-electron chi connectivity index (χ1n) is 9.35. The highest BCUT2D eigenvalue weighted by atomic mass is 35.5. The summed E-state index contributed by atoms with van der Waals surface area (Å²) in [5, 5.41) is 3.26. The van der Waals surface area contributed by atoms with Crippen LogP contribution in [0.1, 0.15) is 5.56 Å². The number of carbonyl (C=O) groups excluding carboxylic acids is 1. The first kappa shape index (κ1) is 22.7. The van der Waals surface area contributed by atoms with E-state index in [4.69, 9.17) is 27.9 Å². The number of benzene rings is 2. The van der Waals surface area contributed by atoms with Crippen molar-refractivity contribution in [2.75, 3.05) is 48.3 Å². The highest BCUT2D eigenvalue weighted by Gasteiger charge is 2.23. The molecule has 2 aromatic carbocycles. The Balaban J connectivity index is 1.62. The Hall–Kier alpha value is -2.00. The van der Waals surface area contributed by atoms with E-state index in [-0.39, 0.29) is 17.3 Å². The van der Waals surface area contributed by atoms with E-state index in [1.807, 2.05) is 24.3 Å². The lowest BCUT2D eigenvalue weighted by Crippen LogP contribution is -2.40. The van der Waals surface area contributed by atoms with Crippen LogP contribution in [0.5, 0.6) is 0 Å². The van der Waals surface area contributed by atoms with Gasteiger partial charge in [0.25, 0.3) is 0 Å². The summed E-state index contributed by atoms with van der Waals surface area (Å²) >= 11 is 12.1. The summed E-state index contributed by atoms with van der Waals surface area (Å²) < 4.78 is 30.7. The molecule has 0 atom stereocenters. The van der Waals surface area contributed by atoms with Gasteiger partial charge in [-0.15, -0.1) is 0 Å². The average molecular weight is 472 g/mol. The number of anilines is 2. The third kappa shape index (κ3) is 6.01. The van der Waals surface area contributed by atoms with Gasteiger partial charge in [-0.3, -0.25) is 9.10 Å². The molecular formula is C20H23Cl2N3O4S. The smallest absolute Gasteiger partial charge is 0.241 e. The number of nitrogens with one attached hydrogen (secondary N) is 1. The van der Waals surface area contributed by atoms with Crippen LogP contribution in [0.2, 0.25) is 10.0 Å². The van der Waals surface area contributed by atoms with Crippen molar-refractivity contribution >= 4 is 50.5 Å². The molecule has 30 heavy (non-hydrogen) atoms. The van der Waals surface area contributed by atoms with Gasteiger partial charge in [0.05, 0.1) is 30.2 Å². The van der Waals surface area contributed by atoms with Crippen molar-refractivity contribution in [2.45, 2.75) is 6.54 Å². The molecule has 162 valence electrons. The van der Waals surface area contributed by atoms with Gasteiger partial charge in [-0.25, -0.2) is 8.42 Å². The average Bonchev–Trinajstić information content (AvgIpc) is 2.72. The van der Waals surface area contributed by atoms with Gasteiger partial charge in [-0.1, -0.05) is 35.3 Å². The molecule has 1 saturated heterocycles. The molecule has 7 nitrogen and oxygen atoms in total. The number of hydrogen-bond donors (Lipinski definition) is 1. The molecule has 2 aromatic rings. The summed E-state index contributed by atoms with van der Waals surface area (Å²) in [6.07, 6.45) is 1.02. The molecule has 0 bridgehead atoms. The van der Waals surface area contributed by atoms with E-state index < -0.39 is 22.5 Å². The van der Waals surface area contributed by atoms with Gasteiger partial charge in [-0.05, 0) is 35.9 Å². The molecule has 1 amide bonds. The number of ether oxygens (including phenoxy) is 1. The number of carbonyl (C=O) groups is 1. The Morgan fingerprint density at radius 3 is 2.43 bits per heavy atom. The van der Waals surface area contributed by atoms with E-state index in [0.717, 1.165) is 34.9 Å². The van der Waals surface area contributed by atoms with Gasteiger partial charge < -0.3 is 15.0 Å². The Labute approximate surface area is 186 Å². The van der Waals surface area contributed by atoms with E-state index in [2.05, 4.69) is 10.2 Å². The normalized spacial score (nSPS) is 14.4. The standard InChI is InChI=1S/C20H23Cl2N3O4S/c1-30(27,28)25(19-12-16(21)4-7-18(19)22)14-20(26)23-13-15-2-5-17(6-3-15)24-8-10-29-11-9-24/h2-7,12H,8-11,13-14H2,1H3,(H,23,26). The molecule has 0 saturated carbocycles. The second-order valence-electron chi connectivity index (χ2n) is 6.91. The van der Waals surface area contributed by atoms with Gasteiger partial charge in [0.15, 0.2) is 0 Å². The summed E-state index contributed by atoms with van der Waals surface area (Å²) in [4.78, 5) is 14.7. The Kier molecular flexibility index (Phi) is 7.46. The number of morpholine rings is 1. The van der Waals surface area contributed by atoms with Gasteiger partial charge >= 0.3 is 0 Å². The number of halogens is 2. The van der Waals surface area contributed by atoms with Crippen LogP contribution in [0.25, 0.3) is 0 Å². The van der Waals surface area contributed by atoms with Gasteiger partial charge in [-0.2, -0.15) is 0 Å². The lowest BCUT2D eigenvalue weighted by Gasteiger charge is -2.29. The Bertz CT molecular complexity index is 994. The zero-order valence-electron chi connectivity index (χ0n) is 16.5. The third-order valence-corrected chi connectivity index (χ3v) is 6.35. The lowest BCUT2D eigenvalue weighted by molar-refractivity contribution is -0.119. The van der Waals surface area contributed by atoms with Crippen molar-refractivity contribution in [3.8, 4) is 0 Å². The summed E-state index contributed by atoms with van der Waals surface area (Å²) in [7, 11) is -3.74. The number of amides is 1. The van der Waals surface area contributed by atoms with Crippen molar-refractivity contribution < 1.29 is 17.9 Å². The first-order chi connectivity index (χ1) is 14.2. The van der Waals surface area contributed by atoms with E-state index in [1.54, 1.807) is 6.07 Å². The molecule has 10 heteroatoms. The van der Waals surface area contributed by atoms with E-state index in [1.165, 1.54) is 12.1 Å². The first-order valence-corrected chi connectivity index (χ1v) is 12.0. The molecule has 0 aromatic heterocycles. The zero-order valence-corrected chi connectivity index (χ0v) is 18.8. The third-order valence-electron chi connectivity index (χ3n) is 4.67. The number of nitrogens with zero attached hydrogens (tertiary/aromatic N) is 2. The Morgan fingerprint density at radius 2 is 1.80 bits per heavy atom. The maximum Gasteiger partial charge on any atom is 0.241 e. The maximum absolute atomic E-state index is 12.4. The van der Waals surface area contributed by atoms with E-state index >= 15 is 0 Å². The van der Waals surface area contributed by atoms with Crippen LogP contribution < -0.4 is 14.5 Å². The molecule has 0 radical (unpaired) electrons. The van der Waals surface area contributed by atoms with E-state index in [0.29, 0.717) is 18.2 Å². The predicted molar refractivity (Wildman–Crippen MR) is 120 cm³/mol. The number of sulfonamides is 1. The maximum atomic E-state index is 12.4. The van der Waals surface area contributed by atoms with Gasteiger partial charge in [0.2, 0.25) is 15.9 Å². The molecule has 1 aliphatic rings. The summed E-state index contributed by atoms with van der Waals surface area (Å²) in [6, 6.07) is 12.3. The van der Waals surface area contributed by atoms with Crippen molar-refractivity contribution in [3.05, 3.63) is 58.1 Å². The molecule has 1 heterocycles. The molecule has 1 N–H and O–H groups in total. The zero-order chi connectivity index (χ0) is 21.7. The second kappa shape index (κ2) is 9.87. The van der Waals surface area contributed by atoms with Crippen LogP contribution in [-0.4, -0.2) is 53.4 Å². The predicted octanol–water partition coefficient (Wildman–Crippen LogP) is 2.91. The van der Waals surface area contributed by atoms with Gasteiger partial charge in [0.1, 0.15) is 6.54 Å². The summed E-state index contributed by atoms with van der Waals surface area (Å²) in [5.41, 5.74) is 2.18. The molecule has 0 aliphatic carbocycles. The van der Waals surface area contributed by atoms with Gasteiger partial charge in [0, 0.05) is 30.3 Å². The largest absolute Gasteiger partial charge is 0.378 e. The molecule has 3 rings (SSSR count). The highest BCUT2D eigenvalue weighted by Crippen LogP contribution is 2.30. The van der Waals surface area contributed by atoms with Crippen LogP contribution in [0.15, 0.2) is 42.5 Å². The quantitative estimate of drug-likeness (QED) is 0.671. The van der Waals surface area contributed by atoms with Crippen molar-refractivity contribution in [3.63, 3.8) is 0 Å². The minimum absolute atomic E-state index is 0.164. The fourth-order valence-electron chi connectivity index (χ4n) is 3.09. The SMILES string of the molecule is CS(=O)(=O)N(CC(=O)NCc1ccc(N2CCOCC2)cc1)c1cc(Cl)ccc1Cl. The molecule has 1 aliphatic heterocycles. The van der Waals surface area contributed by atoms with Crippen LogP contribution in [0.3, 0.4) is 0 Å². The molecule has 1 fully saturated rings. The lowest BCUT2D eigenvalue weighted by atomic mass is 10.2. The van der Waals surface area contributed by atoms with Crippen LogP contribution in [0.4, 0.5) is 11.4 Å². The van der Waals surface area contributed by atoms with Crippen molar-refractivity contribution in [2.24, 2.45) is 0 Å². The van der Waals surface area contributed by atoms with Crippen molar-refractivity contribution in [1.29, 1.82) is 0 Å². The van der Waals surface area contributed by atoms with Crippen molar-refractivity contribution in [1.82, 2.24) is 5.32 Å². The number of hydrogen-bond acceptors (Lipinski definition) is 5. The minimum Gasteiger partial charge on any atom is -0.378 e. The summed E-state index contributed by atoms with van der Waals surface area (Å²) in [5.74, 6) is -0.450. The summed E-state index contributed by atoms with van der Waals surface area (Å²) in [6.45, 7) is 3.01. The molecular weight excluding hydrogens is 449 g/mol. The van der Waals surface area contributed by atoms with E-state index in [9.17, 15) is 13.2 Å². The number of rotatable bonds is 7. The topological polar surface area (TPSA) is 79.0 Å². The molecule has 0 spiro atoms. The fraction of sp³-hybridized carbons (Fsp3) is 0.350. The second-order valence-corrected chi connectivity index (χ2v) is 9.66. The minimum atomic E-state index is -3.74. The van der Waals surface area contributed by atoms with Crippen LogP contribution >= 0.6 is 23.2 Å². The monoisotopic (exact) mass is 471 g/mol.